The van der Waals surface area contributed by atoms with Crippen LogP contribution in [-0.4, -0.2) is 28.9 Å². The van der Waals surface area contributed by atoms with Gasteiger partial charge in [0.1, 0.15) is 11.6 Å². The molecule has 1 N–H and O–H groups in total. The third kappa shape index (κ3) is 3.63. The summed E-state index contributed by atoms with van der Waals surface area (Å²) >= 11 is 0. The SMILES string of the molecule is Cc1[nH]c(=O)c(C#N)c(C)c1CCC(=O)N1CC[C@@H]2CCCC[C@@H]2C1. The summed E-state index contributed by atoms with van der Waals surface area (Å²) in [7, 11) is 0. The van der Waals surface area contributed by atoms with Crippen molar-refractivity contribution in [1.29, 1.82) is 5.26 Å². The summed E-state index contributed by atoms with van der Waals surface area (Å²) in [6, 6.07) is 1.97. The number of piperidine rings is 1. The second-order valence-electron chi connectivity index (χ2n) is 7.60. The summed E-state index contributed by atoms with van der Waals surface area (Å²) in [6.07, 6.45) is 7.41. The molecule has 0 unspecified atom stereocenters. The summed E-state index contributed by atoms with van der Waals surface area (Å²) in [4.78, 5) is 29.3. The molecule has 134 valence electrons. The van der Waals surface area contributed by atoms with Gasteiger partial charge >= 0.3 is 0 Å². The van der Waals surface area contributed by atoms with Crippen molar-refractivity contribution >= 4 is 5.91 Å². The first-order valence-electron chi connectivity index (χ1n) is 9.41. The van der Waals surface area contributed by atoms with Crippen LogP contribution in [-0.2, 0) is 11.2 Å². The highest BCUT2D eigenvalue weighted by Gasteiger charge is 2.32. The number of aryl methyl sites for hydroxylation is 1. The highest BCUT2D eigenvalue weighted by atomic mass is 16.2. The van der Waals surface area contributed by atoms with Crippen LogP contribution in [0.15, 0.2) is 4.79 Å². The fraction of sp³-hybridized carbons (Fsp3) is 0.650. The van der Waals surface area contributed by atoms with Crippen molar-refractivity contribution in [3.63, 3.8) is 0 Å². The number of hydrogen-bond donors (Lipinski definition) is 1. The average Bonchev–Trinajstić information content (AvgIpc) is 2.61. The van der Waals surface area contributed by atoms with Crippen LogP contribution in [0.5, 0.6) is 0 Å². The number of pyridine rings is 1. The topological polar surface area (TPSA) is 77.0 Å². The number of carbonyl (C=O) groups excluding carboxylic acids is 1. The van der Waals surface area contributed by atoms with Crippen molar-refractivity contribution < 1.29 is 4.79 Å². The zero-order chi connectivity index (χ0) is 18.0. The first kappa shape index (κ1) is 17.7. The van der Waals surface area contributed by atoms with Crippen LogP contribution < -0.4 is 5.56 Å². The van der Waals surface area contributed by atoms with E-state index in [4.69, 9.17) is 5.26 Å². The number of carbonyl (C=O) groups is 1. The summed E-state index contributed by atoms with van der Waals surface area (Å²) in [5, 5.41) is 9.16. The molecule has 0 spiro atoms. The molecule has 1 aliphatic heterocycles. The number of H-pyrrole nitrogens is 1. The molecule has 1 saturated heterocycles. The molecule has 0 radical (unpaired) electrons. The van der Waals surface area contributed by atoms with Crippen LogP contribution in [0.4, 0.5) is 0 Å². The van der Waals surface area contributed by atoms with Crippen LogP contribution in [0, 0.1) is 37.0 Å². The molecule has 0 aromatic carbocycles. The van der Waals surface area contributed by atoms with Crippen LogP contribution in [0.1, 0.15) is 60.9 Å². The number of fused-ring (bicyclic) bond motifs is 1. The zero-order valence-corrected chi connectivity index (χ0v) is 15.2. The maximum absolute atomic E-state index is 12.7. The van der Waals surface area contributed by atoms with Gasteiger partial charge in [0.05, 0.1) is 0 Å². The Kier molecular flexibility index (Phi) is 5.27. The van der Waals surface area contributed by atoms with Crippen LogP contribution in [0.2, 0.25) is 0 Å². The van der Waals surface area contributed by atoms with Gasteiger partial charge in [-0.3, -0.25) is 9.59 Å². The van der Waals surface area contributed by atoms with Gasteiger partial charge in [0, 0.05) is 25.2 Å². The number of rotatable bonds is 3. The van der Waals surface area contributed by atoms with E-state index in [0.29, 0.717) is 24.3 Å². The lowest BCUT2D eigenvalue weighted by atomic mass is 9.75. The number of aromatic nitrogens is 1. The molecule has 1 aromatic heterocycles. The van der Waals surface area contributed by atoms with Gasteiger partial charge in [-0.25, -0.2) is 0 Å². The molecule has 2 heterocycles. The normalized spacial score (nSPS) is 23.0. The van der Waals surface area contributed by atoms with Gasteiger partial charge < -0.3 is 9.88 Å². The molecule has 2 atom stereocenters. The quantitative estimate of drug-likeness (QED) is 0.918. The van der Waals surface area contributed by atoms with E-state index in [0.717, 1.165) is 36.7 Å². The lowest BCUT2D eigenvalue weighted by Gasteiger charge is -2.41. The Bertz CT molecular complexity index is 759. The van der Waals surface area contributed by atoms with Crippen molar-refractivity contribution in [2.75, 3.05) is 13.1 Å². The Balaban J connectivity index is 1.65. The molecule has 1 amide bonds. The van der Waals surface area contributed by atoms with Gasteiger partial charge in [-0.05, 0) is 56.1 Å². The minimum absolute atomic E-state index is 0.163. The van der Waals surface area contributed by atoms with Gasteiger partial charge in [0.25, 0.3) is 5.56 Å². The number of aromatic amines is 1. The third-order valence-electron chi connectivity index (χ3n) is 6.15. The first-order valence-corrected chi connectivity index (χ1v) is 9.41. The van der Waals surface area contributed by atoms with Crippen molar-refractivity contribution in [3.8, 4) is 6.07 Å². The highest BCUT2D eigenvalue weighted by Crippen LogP contribution is 2.36. The van der Waals surface area contributed by atoms with E-state index in [1.54, 1.807) is 6.92 Å². The number of nitrogens with zero attached hydrogens (tertiary/aromatic N) is 2. The Morgan fingerprint density at radius 3 is 2.68 bits per heavy atom. The molecule has 2 aliphatic rings. The highest BCUT2D eigenvalue weighted by molar-refractivity contribution is 5.76. The number of hydrogen-bond acceptors (Lipinski definition) is 3. The Morgan fingerprint density at radius 2 is 1.96 bits per heavy atom. The van der Waals surface area contributed by atoms with Crippen LogP contribution in [0.25, 0.3) is 0 Å². The number of nitrogens with one attached hydrogen (secondary N) is 1. The molecule has 25 heavy (non-hydrogen) atoms. The molecule has 3 rings (SSSR count). The first-order chi connectivity index (χ1) is 12.0. The van der Waals surface area contributed by atoms with Gasteiger partial charge in [-0.2, -0.15) is 5.26 Å². The minimum atomic E-state index is -0.341. The monoisotopic (exact) mass is 341 g/mol. The van der Waals surface area contributed by atoms with E-state index in [1.807, 2.05) is 17.9 Å². The van der Waals surface area contributed by atoms with Crippen molar-refractivity contribution in [2.24, 2.45) is 11.8 Å². The largest absolute Gasteiger partial charge is 0.342 e. The lowest BCUT2D eigenvalue weighted by molar-refractivity contribution is -0.134. The molecule has 0 bridgehead atoms. The number of likely N-dealkylation sites (tertiary alicyclic amines) is 1. The van der Waals surface area contributed by atoms with Gasteiger partial charge in [0.2, 0.25) is 5.91 Å². The van der Waals surface area contributed by atoms with Crippen molar-refractivity contribution in [2.45, 2.75) is 58.8 Å². The molecular formula is C20H27N3O2. The molecule has 1 aliphatic carbocycles. The molecule has 1 aromatic rings. The average molecular weight is 341 g/mol. The van der Waals surface area contributed by atoms with Crippen molar-refractivity contribution in [1.82, 2.24) is 9.88 Å². The van der Waals surface area contributed by atoms with E-state index in [1.165, 1.54) is 25.7 Å². The van der Waals surface area contributed by atoms with Crippen molar-refractivity contribution in [3.05, 3.63) is 32.7 Å². The molecule has 5 nitrogen and oxygen atoms in total. The van der Waals surface area contributed by atoms with Gasteiger partial charge in [-0.1, -0.05) is 19.3 Å². The Hall–Kier alpha value is -2.09. The fourth-order valence-electron chi connectivity index (χ4n) is 4.64. The smallest absolute Gasteiger partial charge is 0.266 e. The van der Waals surface area contributed by atoms with Gasteiger partial charge in [-0.15, -0.1) is 0 Å². The van der Waals surface area contributed by atoms with Crippen LogP contribution in [0.3, 0.4) is 0 Å². The van der Waals surface area contributed by atoms with E-state index < -0.39 is 0 Å². The maximum Gasteiger partial charge on any atom is 0.266 e. The Labute approximate surface area is 149 Å². The Morgan fingerprint density at radius 1 is 1.24 bits per heavy atom. The zero-order valence-electron chi connectivity index (χ0n) is 15.2. The molecule has 5 heteroatoms. The second-order valence-corrected chi connectivity index (χ2v) is 7.60. The molecular weight excluding hydrogens is 314 g/mol. The number of nitriles is 1. The maximum atomic E-state index is 12.7. The summed E-state index contributed by atoms with van der Waals surface area (Å²) in [5.41, 5.74) is 2.22. The third-order valence-corrected chi connectivity index (χ3v) is 6.15. The molecule has 1 saturated carbocycles. The predicted molar refractivity (Wildman–Crippen MR) is 96.2 cm³/mol. The van der Waals surface area contributed by atoms with E-state index in [9.17, 15) is 9.59 Å². The van der Waals surface area contributed by atoms with E-state index in [2.05, 4.69) is 4.98 Å². The lowest BCUT2D eigenvalue weighted by Crippen LogP contribution is -2.44. The minimum Gasteiger partial charge on any atom is -0.342 e. The van der Waals surface area contributed by atoms with E-state index >= 15 is 0 Å². The second kappa shape index (κ2) is 7.43. The summed E-state index contributed by atoms with van der Waals surface area (Å²) in [5.74, 6) is 1.71. The molecule has 2 fully saturated rings. The number of amides is 1. The van der Waals surface area contributed by atoms with E-state index in [-0.39, 0.29) is 17.0 Å². The summed E-state index contributed by atoms with van der Waals surface area (Å²) in [6.45, 7) is 5.43. The van der Waals surface area contributed by atoms with Gasteiger partial charge in [0.15, 0.2) is 0 Å². The predicted octanol–water partition coefficient (Wildman–Crippen LogP) is 2.83. The standard InChI is InChI=1S/C20H27N3O2/c1-13-17(14(2)22-20(25)18(13)11-21)7-8-19(24)23-10-9-15-5-3-4-6-16(15)12-23/h15-16H,3-10,12H2,1-2H3,(H,22,25)/t15-,16+/m0/s1. The summed E-state index contributed by atoms with van der Waals surface area (Å²) < 4.78 is 0. The fourth-order valence-corrected chi connectivity index (χ4v) is 4.64. The van der Waals surface area contributed by atoms with Crippen LogP contribution >= 0.6 is 0 Å².